The molecule has 0 bridgehead atoms. The largest absolute Gasteiger partial charge is 0.487 e. The van der Waals surface area contributed by atoms with Gasteiger partial charge in [-0.15, -0.1) is 0 Å². The molecule has 1 heterocycles. The second-order valence-corrected chi connectivity index (χ2v) is 7.50. The first kappa shape index (κ1) is 19.7. The van der Waals surface area contributed by atoms with Crippen LogP contribution in [0.2, 0.25) is 10.0 Å². The molecule has 3 rings (SSSR count). The highest BCUT2D eigenvalue weighted by molar-refractivity contribution is 9.10. The fourth-order valence-electron chi connectivity index (χ4n) is 2.35. The summed E-state index contributed by atoms with van der Waals surface area (Å²) in [5.74, 6) is 0.433. The van der Waals surface area contributed by atoms with Gasteiger partial charge in [-0.1, -0.05) is 35.3 Å². The molecule has 3 aromatic rings. The van der Waals surface area contributed by atoms with Gasteiger partial charge in [0.15, 0.2) is 0 Å². The smallest absolute Gasteiger partial charge is 0.251 e. The Morgan fingerprint density at radius 3 is 2.63 bits per heavy atom. The number of benzene rings is 2. The van der Waals surface area contributed by atoms with Crippen molar-refractivity contribution in [2.24, 2.45) is 0 Å². The van der Waals surface area contributed by atoms with Crippen molar-refractivity contribution < 1.29 is 9.53 Å². The predicted octanol–water partition coefficient (Wildman–Crippen LogP) is 4.96. The summed E-state index contributed by atoms with van der Waals surface area (Å²) in [7, 11) is 0. The van der Waals surface area contributed by atoms with Crippen LogP contribution in [0.3, 0.4) is 0 Å². The van der Waals surface area contributed by atoms with E-state index in [1.165, 1.54) is 0 Å². The van der Waals surface area contributed by atoms with Crippen LogP contribution >= 0.6 is 39.1 Å². The van der Waals surface area contributed by atoms with Gasteiger partial charge in [-0.3, -0.25) is 9.48 Å². The molecule has 8 heteroatoms. The molecule has 0 unspecified atom stereocenters. The van der Waals surface area contributed by atoms with Crippen molar-refractivity contribution in [3.8, 4) is 5.75 Å². The second-order valence-electron chi connectivity index (χ2n) is 5.74. The molecule has 0 saturated carbocycles. The zero-order chi connectivity index (χ0) is 19.2. The van der Waals surface area contributed by atoms with E-state index >= 15 is 0 Å². The van der Waals surface area contributed by atoms with Crippen molar-refractivity contribution >= 4 is 45.0 Å². The number of nitrogens with zero attached hydrogens (tertiary/aromatic N) is 2. The Morgan fingerprint density at radius 2 is 1.96 bits per heavy atom. The van der Waals surface area contributed by atoms with Crippen LogP contribution in [0.15, 0.2) is 59.3 Å². The van der Waals surface area contributed by atoms with Gasteiger partial charge in [0.2, 0.25) is 0 Å². The first-order valence-electron chi connectivity index (χ1n) is 8.14. The SMILES string of the molecule is O=C(NCCn1cc(Br)cn1)c1ccc(COc2ccc(Cl)cc2Cl)cc1. The topological polar surface area (TPSA) is 56.2 Å². The molecular weight excluding hydrogens is 453 g/mol. The van der Waals surface area contributed by atoms with Gasteiger partial charge in [0, 0.05) is 23.3 Å². The highest BCUT2D eigenvalue weighted by atomic mass is 79.9. The highest BCUT2D eigenvalue weighted by Gasteiger charge is 2.07. The van der Waals surface area contributed by atoms with Gasteiger partial charge in [-0.2, -0.15) is 5.10 Å². The maximum absolute atomic E-state index is 12.2. The summed E-state index contributed by atoms with van der Waals surface area (Å²) >= 11 is 15.3. The van der Waals surface area contributed by atoms with E-state index in [2.05, 4.69) is 26.3 Å². The van der Waals surface area contributed by atoms with E-state index in [0.29, 0.717) is 41.1 Å². The van der Waals surface area contributed by atoms with Gasteiger partial charge in [-0.25, -0.2) is 0 Å². The maximum atomic E-state index is 12.2. The number of hydrogen-bond acceptors (Lipinski definition) is 3. The standard InChI is InChI=1S/C19H16BrCl2N3O2/c20-15-10-24-25(11-15)8-7-23-19(26)14-3-1-13(2-4-14)12-27-18-6-5-16(21)9-17(18)22/h1-6,9-11H,7-8,12H2,(H,23,26). The van der Waals surface area contributed by atoms with E-state index in [0.717, 1.165) is 10.0 Å². The lowest BCUT2D eigenvalue weighted by Crippen LogP contribution is -2.27. The molecule has 5 nitrogen and oxygen atoms in total. The van der Waals surface area contributed by atoms with Crippen molar-refractivity contribution in [3.63, 3.8) is 0 Å². The molecule has 2 aromatic carbocycles. The van der Waals surface area contributed by atoms with E-state index in [1.54, 1.807) is 41.2 Å². The van der Waals surface area contributed by atoms with Gasteiger partial charge < -0.3 is 10.1 Å². The quantitative estimate of drug-likeness (QED) is 0.533. The number of nitrogens with one attached hydrogen (secondary N) is 1. The summed E-state index contributed by atoms with van der Waals surface area (Å²) in [6.45, 7) is 1.44. The van der Waals surface area contributed by atoms with Crippen LogP contribution in [0.1, 0.15) is 15.9 Å². The maximum Gasteiger partial charge on any atom is 0.251 e. The van der Waals surface area contributed by atoms with Crippen LogP contribution in [-0.4, -0.2) is 22.2 Å². The lowest BCUT2D eigenvalue weighted by Gasteiger charge is -2.09. The molecule has 1 amide bonds. The van der Waals surface area contributed by atoms with Crippen LogP contribution in [0.5, 0.6) is 5.75 Å². The summed E-state index contributed by atoms with van der Waals surface area (Å²) in [4.78, 5) is 12.2. The zero-order valence-electron chi connectivity index (χ0n) is 14.2. The molecule has 27 heavy (non-hydrogen) atoms. The summed E-state index contributed by atoms with van der Waals surface area (Å²) in [6.07, 6.45) is 3.56. The van der Waals surface area contributed by atoms with Gasteiger partial charge in [-0.05, 0) is 51.8 Å². The molecular formula is C19H16BrCl2N3O2. The third-order valence-electron chi connectivity index (χ3n) is 3.73. The summed E-state index contributed by atoms with van der Waals surface area (Å²) < 4.78 is 8.35. The number of carbonyl (C=O) groups excluding carboxylic acids is 1. The lowest BCUT2D eigenvalue weighted by atomic mass is 10.1. The fourth-order valence-corrected chi connectivity index (χ4v) is 3.14. The van der Waals surface area contributed by atoms with Crippen molar-refractivity contribution in [3.05, 3.63) is 80.5 Å². The average molecular weight is 469 g/mol. The zero-order valence-corrected chi connectivity index (χ0v) is 17.3. The number of halogens is 3. The van der Waals surface area contributed by atoms with Crippen molar-refractivity contribution in [1.82, 2.24) is 15.1 Å². The fraction of sp³-hybridized carbons (Fsp3) is 0.158. The minimum absolute atomic E-state index is 0.130. The van der Waals surface area contributed by atoms with E-state index in [4.69, 9.17) is 27.9 Å². The minimum atomic E-state index is -0.130. The first-order valence-corrected chi connectivity index (χ1v) is 9.69. The lowest BCUT2D eigenvalue weighted by molar-refractivity contribution is 0.0952. The summed E-state index contributed by atoms with van der Waals surface area (Å²) in [5.41, 5.74) is 1.52. The average Bonchev–Trinajstić information content (AvgIpc) is 3.06. The first-order chi connectivity index (χ1) is 13.0. The van der Waals surface area contributed by atoms with Crippen LogP contribution in [0.4, 0.5) is 0 Å². The predicted molar refractivity (Wildman–Crippen MR) is 109 cm³/mol. The van der Waals surface area contributed by atoms with Crippen LogP contribution in [0, 0.1) is 0 Å². The number of amides is 1. The van der Waals surface area contributed by atoms with Crippen LogP contribution < -0.4 is 10.1 Å². The Hall–Kier alpha value is -2.02. The molecule has 0 spiro atoms. The monoisotopic (exact) mass is 467 g/mol. The van der Waals surface area contributed by atoms with Gasteiger partial charge in [0.05, 0.1) is 22.2 Å². The molecule has 0 radical (unpaired) electrons. The highest BCUT2D eigenvalue weighted by Crippen LogP contribution is 2.28. The molecule has 1 aromatic heterocycles. The number of rotatable bonds is 7. The molecule has 0 fully saturated rings. The molecule has 1 N–H and O–H groups in total. The molecule has 0 aliphatic heterocycles. The Labute approximate surface area is 175 Å². The molecule has 0 aliphatic rings. The van der Waals surface area contributed by atoms with Crippen molar-refractivity contribution in [2.75, 3.05) is 6.54 Å². The molecule has 0 aliphatic carbocycles. The minimum Gasteiger partial charge on any atom is -0.487 e. The van der Waals surface area contributed by atoms with E-state index < -0.39 is 0 Å². The number of carbonyl (C=O) groups is 1. The van der Waals surface area contributed by atoms with Gasteiger partial charge in [0.25, 0.3) is 5.91 Å². The number of hydrogen-bond donors (Lipinski definition) is 1. The normalized spacial score (nSPS) is 10.6. The third-order valence-corrected chi connectivity index (χ3v) is 4.67. The Balaban J connectivity index is 1.49. The van der Waals surface area contributed by atoms with E-state index in [-0.39, 0.29) is 5.91 Å². The third kappa shape index (κ3) is 5.73. The van der Waals surface area contributed by atoms with Crippen molar-refractivity contribution in [2.45, 2.75) is 13.2 Å². The second kappa shape index (κ2) is 9.26. The summed E-state index contributed by atoms with van der Waals surface area (Å²) in [5, 5.41) is 8.03. The number of ether oxygens (including phenoxy) is 1. The number of aromatic nitrogens is 2. The summed E-state index contributed by atoms with van der Waals surface area (Å²) in [6, 6.07) is 12.3. The Kier molecular flexibility index (Phi) is 6.77. The van der Waals surface area contributed by atoms with Crippen LogP contribution in [-0.2, 0) is 13.2 Å². The van der Waals surface area contributed by atoms with Crippen molar-refractivity contribution in [1.29, 1.82) is 0 Å². The van der Waals surface area contributed by atoms with Crippen LogP contribution in [0.25, 0.3) is 0 Å². The van der Waals surface area contributed by atoms with E-state index in [9.17, 15) is 4.79 Å². The van der Waals surface area contributed by atoms with E-state index in [1.807, 2.05) is 18.3 Å². The Morgan fingerprint density at radius 1 is 1.19 bits per heavy atom. The molecule has 0 saturated heterocycles. The van der Waals surface area contributed by atoms with Gasteiger partial charge in [0.1, 0.15) is 12.4 Å². The van der Waals surface area contributed by atoms with Gasteiger partial charge >= 0.3 is 0 Å². The molecule has 0 atom stereocenters. The molecule has 140 valence electrons. The Bertz CT molecular complexity index is 929.